The Kier molecular flexibility index (Phi) is 3.24. The van der Waals surface area contributed by atoms with Gasteiger partial charge in [-0.2, -0.15) is 0 Å². The molecule has 1 aliphatic rings. The maximum absolute atomic E-state index is 12.8. The predicted octanol–water partition coefficient (Wildman–Crippen LogP) is 2.97. The summed E-state index contributed by atoms with van der Waals surface area (Å²) in [5.74, 6) is 0.169. The number of pyridine rings is 1. The van der Waals surface area contributed by atoms with Crippen molar-refractivity contribution in [3.05, 3.63) is 29.8 Å². The van der Waals surface area contributed by atoms with Crippen LogP contribution in [0.4, 0.5) is 4.39 Å². The standard InChI is InChI=1S/C13H19FN2/c1-13(15,10-5-3-2-4-6-10)12-8-7-11(14)9-16-12/h7-10H,2-6,15H2,1H3. The van der Waals surface area contributed by atoms with Gasteiger partial charge in [0.2, 0.25) is 0 Å². The van der Waals surface area contributed by atoms with Crippen LogP contribution in [0.5, 0.6) is 0 Å². The number of nitrogens with two attached hydrogens (primary N) is 1. The van der Waals surface area contributed by atoms with Crippen molar-refractivity contribution in [2.24, 2.45) is 11.7 Å². The van der Waals surface area contributed by atoms with Gasteiger partial charge in [-0.15, -0.1) is 0 Å². The smallest absolute Gasteiger partial charge is 0.141 e. The zero-order valence-electron chi connectivity index (χ0n) is 9.75. The van der Waals surface area contributed by atoms with Crippen LogP contribution in [-0.4, -0.2) is 4.98 Å². The highest BCUT2D eigenvalue weighted by Gasteiger charge is 2.33. The highest BCUT2D eigenvalue weighted by atomic mass is 19.1. The average Bonchev–Trinajstić information content (AvgIpc) is 2.31. The largest absolute Gasteiger partial charge is 0.320 e. The van der Waals surface area contributed by atoms with Crippen molar-refractivity contribution >= 4 is 0 Å². The van der Waals surface area contributed by atoms with Crippen LogP contribution >= 0.6 is 0 Å². The van der Waals surface area contributed by atoms with Gasteiger partial charge < -0.3 is 5.73 Å². The Labute approximate surface area is 96.1 Å². The SMILES string of the molecule is CC(N)(c1ccc(F)cn1)C1CCCCC1. The molecular formula is C13H19FN2. The molecule has 3 heteroatoms. The number of halogens is 1. The lowest BCUT2D eigenvalue weighted by atomic mass is 9.74. The van der Waals surface area contributed by atoms with Crippen molar-refractivity contribution in [2.75, 3.05) is 0 Å². The third kappa shape index (κ3) is 2.24. The fourth-order valence-corrected chi connectivity index (χ4v) is 2.61. The molecule has 0 radical (unpaired) electrons. The molecule has 16 heavy (non-hydrogen) atoms. The number of hydrogen-bond donors (Lipinski definition) is 1. The molecule has 1 fully saturated rings. The molecule has 1 aliphatic carbocycles. The summed E-state index contributed by atoms with van der Waals surface area (Å²) in [5.41, 5.74) is 6.76. The van der Waals surface area contributed by atoms with Crippen LogP contribution < -0.4 is 5.73 Å². The first-order chi connectivity index (χ1) is 7.60. The first kappa shape index (κ1) is 11.5. The molecule has 1 atom stereocenters. The summed E-state index contributed by atoms with van der Waals surface area (Å²) in [6, 6.07) is 3.15. The highest BCUT2D eigenvalue weighted by molar-refractivity contribution is 5.16. The highest BCUT2D eigenvalue weighted by Crippen LogP contribution is 2.36. The van der Waals surface area contributed by atoms with E-state index in [0.717, 1.165) is 18.5 Å². The predicted molar refractivity (Wildman–Crippen MR) is 62.3 cm³/mol. The molecule has 2 rings (SSSR count). The minimum Gasteiger partial charge on any atom is -0.320 e. The van der Waals surface area contributed by atoms with E-state index < -0.39 is 5.54 Å². The second kappa shape index (κ2) is 4.50. The summed E-state index contributed by atoms with van der Waals surface area (Å²) in [7, 11) is 0. The van der Waals surface area contributed by atoms with Crippen LogP contribution in [0, 0.1) is 11.7 Å². The molecule has 1 aromatic rings. The van der Waals surface area contributed by atoms with Gasteiger partial charge in [-0.3, -0.25) is 4.98 Å². The van der Waals surface area contributed by atoms with Gasteiger partial charge in [-0.1, -0.05) is 19.3 Å². The fourth-order valence-electron chi connectivity index (χ4n) is 2.61. The van der Waals surface area contributed by atoms with Crippen LogP contribution in [0.15, 0.2) is 18.3 Å². The van der Waals surface area contributed by atoms with Crippen LogP contribution in [0.3, 0.4) is 0 Å². The van der Waals surface area contributed by atoms with Gasteiger partial charge in [0.15, 0.2) is 0 Å². The molecule has 0 spiro atoms. The Bertz CT molecular complexity index is 339. The van der Waals surface area contributed by atoms with E-state index >= 15 is 0 Å². The Balaban J connectivity index is 2.19. The summed E-state index contributed by atoms with van der Waals surface area (Å²) in [5, 5.41) is 0. The molecular weight excluding hydrogens is 203 g/mol. The minimum atomic E-state index is -0.422. The van der Waals surface area contributed by atoms with E-state index in [9.17, 15) is 4.39 Å². The molecule has 0 aliphatic heterocycles. The molecule has 1 aromatic heterocycles. The van der Waals surface area contributed by atoms with Crippen molar-refractivity contribution in [3.63, 3.8) is 0 Å². The molecule has 0 aromatic carbocycles. The van der Waals surface area contributed by atoms with Gasteiger partial charge in [0, 0.05) is 0 Å². The zero-order valence-corrected chi connectivity index (χ0v) is 9.75. The summed E-state index contributed by atoms with van der Waals surface area (Å²) in [6.07, 6.45) is 7.38. The molecule has 1 unspecified atom stereocenters. The Morgan fingerprint density at radius 2 is 2.00 bits per heavy atom. The lowest BCUT2D eigenvalue weighted by Crippen LogP contribution is -2.42. The molecule has 88 valence electrons. The van der Waals surface area contributed by atoms with Crippen molar-refractivity contribution < 1.29 is 4.39 Å². The van der Waals surface area contributed by atoms with Gasteiger partial charge >= 0.3 is 0 Å². The van der Waals surface area contributed by atoms with E-state index in [0.29, 0.717) is 5.92 Å². The van der Waals surface area contributed by atoms with Gasteiger partial charge in [0.25, 0.3) is 0 Å². The number of rotatable bonds is 2. The van der Waals surface area contributed by atoms with Crippen molar-refractivity contribution in [2.45, 2.75) is 44.6 Å². The fraction of sp³-hybridized carbons (Fsp3) is 0.615. The van der Waals surface area contributed by atoms with Gasteiger partial charge in [-0.05, 0) is 37.8 Å². The average molecular weight is 222 g/mol. The lowest BCUT2D eigenvalue weighted by Gasteiger charge is -2.36. The summed E-state index contributed by atoms with van der Waals surface area (Å²) >= 11 is 0. The van der Waals surface area contributed by atoms with E-state index in [1.807, 2.05) is 6.92 Å². The molecule has 1 heterocycles. The van der Waals surface area contributed by atoms with Crippen molar-refractivity contribution in [3.8, 4) is 0 Å². The van der Waals surface area contributed by atoms with Gasteiger partial charge in [0.1, 0.15) is 5.82 Å². The van der Waals surface area contributed by atoms with Crippen LogP contribution in [-0.2, 0) is 5.54 Å². The maximum atomic E-state index is 12.8. The Morgan fingerprint density at radius 3 is 2.56 bits per heavy atom. The summed E-state index contributed by atoms with van der Waals surface area (Å²) in [4.78, 5) is 4.13. The second-order valence-electron chi connectivity index (χ2n) is 4.98. The molecule has 2 N–H and O–H groups in total. The van der Waals surface area contributed by atoms with E-state index in [1.165, 1.54) is 31.5 Å². The van der Waals surface area contributed by atoms with Crippen molar-refractivity contribution in [1.29, 1.82) is 0 Å². The van der Waals surface area contributed by atoms with Crippen molar-refractivity contribution in [1.82, 2.24) is 4.98 Å². The monoisotopic (exact) mass is 222 g/mol. The first-order valence-corrected chi connectivity index (χ1v) is 6.01. The number of aromatic nitrogens is 1. The molecule has 1 saturated carbocycles. The number of hydrogen-bond acceptors (Lipinski definition) is 2. The van der Waals surface area contributed by atoms with Crippen LogP contribution in [0.1, 0.15) is 44.7 Å². The quantitative estimate of drug-likeness (QED) is 0.835. The van der Waals surface area contributed by atoms with E-state index in [-0.39, 0.29) is 5.82 Å². The Morgan fingerprint density at radius 1 is 1.31 bits per heavy atom. The Hall–Kier alpha value is -0.960. The summed E-state index contributed by atoms with van der Waals surface area (Å²) in [6.45, 7) is 2.02. The third-order valence-corrected chi connectivity index (χ3v) is 3.73. The van der Waals surface area contributed by atoms with E-state index in [2.05, 4.69) is 4.98 Å². The molecule has 2 nitrogen and oxygen atoms in total. The second-order valence-corrected chi connectivity index (χ2v) is 4.98. The van der Waals surface area contributed by atoms with Crippen LogP contribution in [0.25, 0.3) is 0 Å². The minimum absolute atomic E-state index is 0.303. The lowest BCUT2D eigenvalue weighted by molar-refractivity contribution is 0.219. The van der Waals surface area contributed by atoms with E-state index in [4.69, 9.17) is 5.73 Å². The van der Waals surface area contributed by atoms with Crippen LogP contribution in [0.2, 0.25) is 0 Å². The zero-order chi connectivity index (χ0) is 11.6. The molecule has 0 saturated heterocycles. The topological polar surface area (TPSA) is 38.9 Å². The maximum Gasteiger partial charge on any atom is 0.141 e. The number of nitrogens with zero attached hydrogens (tertiary/aromatic N) is 1. The summed E-state index contributed by atoms with van der Waals surface area (Å²) < 4.78 is 12.8. The van der Waals surface area contributed by atoms with Gasteiger partial charge in [0.05, 0.1) is 17.4 Å². The molecule has 0 bridgehead atoms. The first-order valence-electron chi connectivity index (χ1n) is 6.01. The van der Waals surface area contributed by atoms with Gasteiger partial charge in [-0.25, -0.2) is 4.39 Å². The van der Waals surface area contributed by atoms with E-state index in [1.54, 1.807) is 6.07 Å². The molecule has 0 amide bonds. The normalized spacial score (nSPS) is 21.7. The third-order valence-electron chi connectivity index (χ3n) is 3.73.